The van der Waals surface area contributed by atoms with Crippen LogP contribution in [-0.4, -0.2) is 59.7 Å². The van der Waals surface area contributed by atoms with Crippen LogP contribution >= 0.6 is 0 Å². The highest BCUT2D eigenvalue weighted by molar-refractivity contribution is 7.85. The highest BCUT2D eigenvalue weighted by Gasteiger charge is 2.31. The van der Waals surface area contributed by atoms with E-state index < -0.39 is 34.4 Å². The van der Waals surface area contributed by atoms with E-state index in [9.17, 15) is 8.42 Å². The van der Waals surface area contributed by atoms with Crippen LogP contribution in [0.15, 0.2) is 0 Å². The van der Waals surface area contributed by atoms with Gasteiger partial charge < -0.3 is 18.9 Å². The van der Waals surface area contributed by atoms with Gasteiger partial charge in [-0.2, -0.15) is 8.42 Å². The molecule has 7 nitrogen and oxygen atoms in total. The molecule has 0 aliphatic carbocycles. The maximum Gasteiger partial charge on any atom is 0.264 e. The molecule has 0 bridgehead atoms. The van der Waals surface area contributed by atoms with Gasteiger partial charge in [-0.25, -0.2) is 0 Å². The average Bonchev–Trinajstić information content (AvgIpc) is 2.26. The zero-order valence-electron chi connectivity index (χ0n) is 10.5. The normalized spacial score (nSPS) is 12.9. The second kappa shape index (κ2) is 7.96. The maximum absolute atomic E-state index is 10.7. The Morgan fingerprint density at radius 1 is 0.941 bits per heavy atom. The summed E-state index contributed by atoms with van der Waals surface area (Å²) in [6.45, 7) is 0. The lowest BCUT2D eigenvalue weighted by molar-refractivity contribution is -0.221. The Labute approximate surface area is 102 Å². The molecule has 0 heterocycles. The molecule has 0 unspecified atom stereocenters. The largest absolute Gasteiger partial charge is 0.355 e. The van der Waals surface area contributed by atoms with Gasteiger partial charge in [0.15, 0.2) is 12.6 Å². The first kappa shape index (κ1) is 16.8. The Balaban J connectivity index is 4.71. The minimum absolute atomic E-state index is 0.0948. The number of methoxy groups -OCH3 is 4. The third-order valence-electron chi connectivity index (χ3n) is 2.34. The zero-order chi connectivity index (χ0) is 13.5. The predicted molar refractivity (Wildman–Crippen MR) is 60.1 cm³/mol. The van der Waals surface area contributed by atoms with Crippen molar-refractivity contribution < 1.29 is 31.9 Å². The molecule has 0 saturated heterocycles. The lowest BCUT2D eigenvalue weighted by Gasteiger charge is -2.29. The summed E-state index contributed by atoms with van der Waals surface area (Å²) in [5.41, 5.74) is 0. The highest BCUT2D eigenvalue weighted by atomic mass is 32.2. The molecule has 0 amide bonds. The van der Waals surface area contributed by atoms with Crippen molar-refractivity contribution in [2.24, 2.45) is 5.92 Å². The first-order valence-corrected chi connectivity index (χ1v) is 6.56. The van der Waals surface area contributed by atoms with E-state index in [0.717, 1.165) is 0 Å². The first-order chi connectivity index (χ1) is 7.89. The minimum atomic E-state index is -4.04. The lowest BCUT2D eigenvalue weighted by Crippen LogP contribution is -2.38. The SMILES string of the molecule is COC(OC)C(CCS(=O)(=O)O)C(OC)OC. The van der Waals surface area contributed by atoms with E-state index in [1.165, 1.54) is 28.4 Å². The molecule has 0 saturated carbocycles. The fraction of sp³-hybridized carbons (Fsp3) is 1.00. The summed E-state index contributed by atoms with van der Waals surface area (Å²) in [7, 11) is 1.67. The van der Waals surface area contributed by atoms with Crippen LogP contribution in [0.3, 0.4) is 0 Å². The molecule has 0 spiro atoms. The third kappa shape index (κ3) is 6.29. The van der Waals surface area contributed by atoms with Gasteiger partial charge >= 0.3 is 0 Å². The predicted octanol–water partition coefficient (Wildman–Crippen LogP) is 0.118. The molecule has 0 aromatic rings. The van der Waals surface area contributed by atoms with Crippen LogP contribution in [0, 0.1) is 5.92 Å². The molecule has 8 heteroatoms. The second-order valence-electron chi connectivity index (χ2n) is 3.42. The van der Waals surface area contributed by atoms with E-state index in [-0.39, 0.29) is 6.42 Å². The number of rotatable bonds is 9. The molecule has 104 valence electrons. The van der Waals surface area contributed by atoms with Crippen molar-refractivity contribution in [2.45, 2.75) is 19.0 Å². The molecule has 1 N–H and O–H groups in total. The summed E-state index contributed by atoms with van der Waals surface area (Å²) >= 11 is 0. The zero-order valence-corrected chi connectivity index (χ0v) is 11.3. The van der Waals surface area contributed by atoms with Crippen LogP contribution in [0.2, 0.25) is 0 Å². The Hall–Kier alpha value is -0.250. The van der Waals surface area contributed by atoms with Gasteiger partial charge in [-0.3, -0.25) is 4.55 Å². The molecule has 0 aliphatic rings. The molecule has 0 aliphatic heterocycles. The van der Waals surface area contributed by atoms with Gasteiger partial charge in [0.2, 0.25) is 0 Å². The van der Waals surface area contributed by atoms with E-state index in [0.29, 0.717) is 0 Å². The van der Waals surface area contributed by atoms with Crippen LogP contribution in [-0.2, 0) is 29.1 Å². The molecule has 0 fully saturated rings. The smallest absolute Gasteiger partial charge is 0.264 e. The van der Waals surface area contributed by atoms with Gasteiger partial charge in [0.25, 0.3) is 10.1 Å². The molecular formula is C9H20O7S. The summed E-state index contributed by atoms with van der Waals surface area (Å²) in [5, 5.41) is 0. The molecule has 0 aromatic carbocycles. The number of hydrogen-bond acceptors (Lipinski definition) is 6. The van der Waals surface area contributed by atoms with E-state index in [1.807, 2.05) is 0 Å². The van der Waals surface area contributed by atoms with Crippen LogP contribution in [0.4, 0.5) is 0 Å². The van der Waals surface area contributed by atoms with Crippen molar-refractivity contribution in [3.05, 3.63) is 0 Å². The lowest BCUT2D eigenvalue weighted by atomic mass is 10.1. The van der Waals surface area contributed by atoms with E-state index in [1.54, 1.807) is 0 Å². The summed E-state index contributed by atoms with van der Waals surface area (Å²) < 4.78 is 50.4. The van der Waals surface area contributed by atoms with Gasteiger partial charge in [-0.1, -0.05) is 0 Å². The fourth-order valence-electron chi connectivity index (χ4n) is 1.58. The summed E-state index contributed by atoms with van der Waals surface area (Å²) in [4.78, 5) is 0. The van der Waals surface area contributed by atoms with Crippen LogP contribution in [0.5, 0.6) is 0 Å². The Morgan fingerprint density at radius 2 is 1.29 bits per heavy atom. The van der Waals surface area contributed by atoms with Crippen molar-refractivity contribution in [1.82, 2.24) is 0 Å². The summed E-state index contributed by atoms with van der Waals surface area (Å²) in [6, 6.07) is 0. The quantitative estimate of drug-likeness (QED) is 0.471. The van der Waals surface area contributed by atoms with E-state index >= 15 is 0 Å². The van der Waals surface area contributed by atoms with Crippen molar-refractivity contribution in [3.8, 4) is 0 Å². The van der Waals surface area contributed by atoms with Gasteiger partial charge in [-0.05, 0) is 6.42 Å². The topological polar surface area (TPSA) is 91.3 Å². The second-order valence-corrected chi connectivity index (χ2v) is 4.99. The highest BCUT2D eigenvalue weighted by Crippen LogP contribution is 2.21. The first-order valence-electron chi connectivity index (χ1n) is 4.96. The maximum atomic E-state index is 10.7. The molecule has 0 radical (unpaired) electrons. The number of ether oxygens (including phenoxy) is 4. The Morgan fingerprint density at radius 3 is 1.53 bits per heavy atom. The molecule has 0 aromatic heterocycles. The summed E-state index contributed by atoms with van der Waals surface area (Å²) in [5.74, 6) is -0.883. The Kier molecular flexibility index (Phi) is 7.84. The van der Waals surface area contributed by atoms with Gasteiger partial charge in [0.05, 0.1) is 11.7 Å². The third-order valence-corrected chi connectivity index (χ3v) is 3.09. The van der Waals surface area contributed by atoms with Gasteiger partial charge in [-0.15, -0.1) is 0 Å². The van der Waals surface area contributed by atoms with Crippen LogP contribution in [0.1, 0.15) is 6.42 Å². The fourth-order valence-corrected chi connectivity index (χ4v) is 2.15. The molecule has 17 heavy (non-hydrogen) atoms. The molecular weight excluding hydrogens is 252 g/mol. The van der Waals surface area contributed by atoms with E-state index in [2.05, 4.69) is 0 Å². The summed E-state index contributed by atoms with van der Waals surface area (Å²) in [6.07, 6.45) is -1.26. The standard InChI is InChI=1S/C9H20O7S/c1-13-8(14-2)7(9(15-3)16-4)5-6-17(10,11)12/h7-9H,5-6H2,1-4H3,(H,10,11,12). The van der Waals surface area contributed by atoms with Crippen molar-refractivity contribution in [2.75, 3.05) is 34.2 Å². The van der Waals surface area contributed by atoms with Crippen molar-refractivity contribution in [3.63, 3.8) is 0 Å². The van der Waals surface area contributed by atoms with Gasteiger partial charge in [0.1, 0.15) is 0 Å². The minimum Gasteiger partial charge on any atom is -0.355 e. The Bertz CT molecular complexity index is 270. The van der Waals surface area contributed by atoms with Crippen LogP contribution < -0.4 is 0 Å². The molecule has 0 rings (SSSR count). The number of hydrogen-bond donors (Lipinski definition) is 1. The average molecular weight is 272 g/mol. The van der Waals surface area contributed by atoms with Crippen molar-refractivity contribution >= 4 is 10.1 Å². The van der Waals surface area contributed by atoms with E-state index in [4.69, 9.17) is 23.5 Å². The van der Waals surface area contributed by atoms with Gasteiger partial charge in [0, 0.05) is 28.4 Å². The molecule has 0 atom stereocenters. The van der Waals surface area contributed by atoms with Crippen molar-refractivity contribution in [1.29, 1.82) is 0 Å². The monoisotopic (exact) mass is 272 g/mol. The van der Waals surface area contributed by atoms with Crippen LogP contribution in [0.25, 0.3) is 0 Å².